The summed E-state index contributed by atoms with van der Waals surface area (Å²) in [6.45, 7) is 2.06. The quantitative estimate of drug-likeness (QED) is 0.760. The Morgan fingerprint density at radius 3 is 1.95 bits per heavy atom. The lowest BCUT2D eigenvalue weighted by Gasteiger charge is -2.19. The number of amides is 2. The zero-order valence-electron chi connectivity index (χ0n) is 13.1. The van der Waals surface area contributed by atoms with E-state index in [1.165, 1.54) is 57.8 Å². The molecule has 2 N–H and O–H groups in total. The summed E-state index contributed by atoms with van der Waals surface area (Å²) in [5.41, 5.74) is 0. The number of hydrogen-bond acceptors (Lipinski definition) is 1. The van der Waals surface area contributed by atoms with E-state index in [2.05, 4.69) is 17.6 Å². The van der Waals surface area contributed by atoms with Crippen LogP contribution in [-0.4, -0.2) is 12.1 Å². The summed E-state index contributed by atoms with van der Waals surface area (Å²) in [7, 11) is 0. The second-order valence-corrected chi connectivity index (χ2v) is 5.88. The molecule has 1 saturated carbocycles. The summed E-state index contributed by atoms with van der Waals surface area (Å²) in [5, 5.41) is 5.92. The molecule has 0 spiro atoms. The number of nitrogens with one attached hydrogen (secondary N) is 2. The minimum atomic E-state index is -0.0493. The van der Waals surface area contributed by atoms with Crippen LogP contribution in [-0.2, 0) is 0 Å². The molecule has 0 heterocycles. The molecule has 3 heteroatoms. The van der Waals surface area contributed by atoms with E-state index in [-0.39, 0.29) is 6.03 Å². The van der Waals surface area contributed by atoms with Crippen molar-refractivity contribution in [3.8, 4) is 0 Å². The average Bonchev–Trinajstić information content (AvgIpc) is 2.42. The standard InChI is InChI=1S/C17H32N2O/c1-2-3-15-18-17(20)19-16-13-11-9-7-5-4-6-8-10-12-14-16/h3,15-16H,2,4-14H2,1H3,(H2,18,19,20)/b15-3+. The van der Waals surface area contributed by atoms with Crippen LogP contribution in [0.4, 0.5) is 4.79 Å². The number of hydrogen-bond donors (Lipinski definition) is 2. The van der Waals surface area contributed by atoms with Gasteiger partial charge in [0, 0.05) is 12.2 Å². The summed E-state index contributed by atoms with van der Waals surface area (Å²) in [6, 6.07) is 0.302. The van der Waals surface area contributed by atoms with E-state index >= 15 is 0 Å². The van der Waals surface area contributed by atoms with Gasteiger partial charge in [-0.05, 0) is 19.3 Å². The molecular formula is C17H32N2O. The first-order valence-electron chi connectivity index (χ1n) is 8.55. The lowest BCUT2D eigenvalue weighted by Crippen LogP contribution is -2.40. The van der Waals surface area contributed by atoms with Gasteiger partial charge in [0.25, 0.3) is 0 Å². The van der Waals surface area contributed by atoms with Crippen LogP contribution < -0.4 is 10.6 Å². The van der Waals surface area contributed by atoms with Gasteiger partial charge in [-0.1, -0.05) is 70.8 Å². The third-order valence-electron chi connectivity index (χ3n) is 4.01. The first-order chi connectivity index (χ1) is 9.83. The SMILES string of the molecule is CC/C=C/NC(=O)NC1CCCCCCCCCCC1. The highest BCUT2D eigenvalue weighted by molar-refractivity contribution is 5.75. The molecule has 1 aliphatic rings. The molecule has 0 aromatic rings. The zero-order valence-corrected chi connectivity index (χ0v) is 13.1. The van der Waals surface area contributed by atoms with Crippen molar-refractivity contribution >= 4 is 6.03 Å². The van der Waals surface area contributed by atoms with E-state index in [1.54, 1.807) is 6.20 Å². The molecule has 0 aromatic carbocycles. The normalized spacial score (nSPS) is 20.1. The Bertz CT molecular complexity index is 264. The molecule has 2 amide bonds. The molecule has 0 bridgehead atoms. The predicted octanol–water partition coefficient (Wildman–Crippen LogP) is 4.88. The average molecular weight is 280 g/mol. The Morgan fingerprint density at radius 2 is 1.45 bits per heavy atom. The highest BCUT2D eigenvalue weighted by atomic mass is 16.2. The first-order valence-corrected chi connectivity index (χ1v) is 8.55. The first kappa shape index (κ1) is 17.1. The highest BCUT2D eigenvalue weighted by Crippen LogP contribution is 2.16. The van der Waals surface area contributed by atoms with Gasteiger partial charge in [-0.2, -0.15) is 0 Å². The van der Waals surface area contributed by atoms with Crippen LogP contribution in [0.15, 0.2) is 12.3 Å². The molecule has 1 aliphatic carbocycles. The van der Waals surface area contributed by atoms with Crippen molar-refractivity contribution < 1.29 is 4.79 Å². The van der Waals surface area contributed by atoms with Gasteiger partial charge in [-0.15, -0.1) is 0 Å². The molecule has 1 rings (SSSR count). The van der Waals surface area contributed by atoms with Crippen molar-refractivity contribution in [3.05, 3.63) is 12.3 Å². The van der Waals surface area contributed by atoms with Crippen molar-refractivity contribution in [1.29, 1.82) is 0 Å². The van der Waals surface area contributed by atoms with Crippen molar-refractivity contribution in [1.82, 2.24) is 10.6 Å². The molecular weight excluding hydrogens is 248 g/mol. The van der Waals surface area contributed by atoms with Crippen molar-refractivity contribution in [3.63, 3.8) is 0 Å². The third-order valence-corrected chi connectivity index (χ3v) is 4.01. The topological polar surface area (TPSA) is 41.1 Å². The fourth-order valence-corrected chi connectivity index (χ4v) is 2.79. The van der Waals surface area contributed by atoms with Gasteiger partial charge in [-0.3, -0.25) is 0 Å². The fourth-order valence-electron chi connectivity index (χ4n) is 2.79. The fraction of sp³-hybridized carbons (Fsp3) is 0.824. The van der Waals surface area contributed by atoms with E-state index in [1.807, 2.05) is 6.08 Å². The zero-order chi connectivity index (χ0) is 14.5. The molecule has 1 fully saturated rings. The van der Waals surface area contributed by atoms with Crippen molar-refractivity contribution in [2.45, 2.75) is 90.0 Å². The summed E-state index contributed by atoms with van der Waals surface area (Å²) < 4.78 is 0. The maximum Gasteiger partial charge on any atom is 0.318 e. The number of rotatable bonds is 3. The van der Waals surface area contributed by atoms with Crippen LogP contribution in [0.3, 0.4) is 0 Å². The van der Waals surface area contributed by atoms with Gasteiger partial charge < -0.3 is 10.6 Å². The van der Waals surface area contributed by atoms with Crippen LogP contribution in [0.5, 0.6) is 0 Å². The minimum Gasteiger partial charge on any atom is -0.335 e. The molecule has 0 unspecified atom stereocenters. The smallest absolute Gasteiger partial charge is 0.318 e. The Balaban J connectivity index is 2.30. The van der Waals surface area contributed by atoms with E-state index < -0.39 is 0 Å². The Labute approximate surface area is 124 Å². The van der Waals surface area contributed by atoms with Crippen LogP contribution in [0.1, 0.15) is 84.0 Å². The Kier molecular flexibility index (Phi) is 10.1. The highest BCUT2D eigenvalue weighted by Gasteiger charge is 2.11. The van der Waals surface area contributed by atoms with Gasteiger partial charge in [0.2, 0.25) is 0 Å². The Morgan fingerprint density at radius 1 is 0.950 bits per heavy atom. The molecule has 0 saturated heterocycles. The maximum absolute atomic E-state index is 11.8. The minimum absolute atomic E-state index is 0.0493. The maximum atomic E-state index is 11.8. The third kappa shape index (κ3) is 9.00. The number of carbonyl (C=O) groups is 1. The summed E-state index contributed by atoms with van der Waals surface area (Å²) in [4.78, 5) is 11.8. The van der Waals surface area contributed by atoms with E-state index in [0.717, 1.165) is 19.3 Å². The summed E-state index contributed by atoms with van der Waals surface area (Å²) >= 11 is 0. The Hall–Kier alpha value is -0.990. The van der Waals surface area contributed by atoms with Gasteiger partial charge >= 0.3 is 6.03 Å². The van der Waals surface area contributed by atoms with E-state index in [9.17, 15) is 4.79 Å². The summed E-state index contributed by atoms with van der Waals surface area (Å²) in [5.74, 6) is 0. The molecule has 0 atom stereocenters. The van der Waals surface area contributed by atoms with Gasteiger partial charge in [-0.25, -0.2) is 4.79 Å². The molecule has 3 nitrogen and oxygen atoms in total. The van der Waals surface area contributed by atoms with Crippen LogP contribution in [0.25, 0.3) is 0 Å². The second-order valence-electron chi connectivity index (χ2n) is 5.88. The van der Waals surface area contributed by atoms with Crippen LogP contribution in [0, 0.1) is 0 Å². The molecule has 0 aliphatic heterocycles. The predicted molar refractivity (Wildman–Crippen MR) is 85.7 cm³/mol. The summed E-state index contributed by atoms with van der Waals surface area (Å²) in [6.07, 6.45) is 18.9. The molecule has 20 heavy (non-hydrogen) atoms. The lowest BCUT2D eigenvalue weighted by atomic mass is 9.98. The van der Waals surface area contributed by atoms with Crippen LogP contribution >= 0.6 is 0 Å². The molecule has 0 aromatic heterocycles. The van der Waals surface area contributed by atoms with Gasteiger partial charge in [0.1, 0.15) is 0 Å². The van der Waals surface area contributed by atoms with Crippen molar-refractivity contribution in [2.75, 3.05) is 0 Å². The molecule has 116 valence electrons. The molecule has 0 radical (unpaired) electrons. The monoisotopic (exact) mass is 280 g/mol. The van der Waals surface area contributed by atoms with Crippen LogP contribution in [0.2, 0.25) is 0 Å². The lowest BCUT2D eigenvalue weighted by molar-refractivity contribution is 0.237. The second kappa shape index (κ2) is 11.8. The number of urea groups is 1. The van der Waals surface area contributed by atoms with E-state index in [0.29, 0.717) is 6.04 Å². The van der Waals surface area contributed by atoms with Gasteiger partial charge in [0.05, 0.1) is 0 Å². The number of carbonyl (C=O) groups excluding carboxylic acids is 1. The number of allylic oxidation sites excluding steroid dienone is 1. The largest absolute Gasteiger partial charge is 0.335 e. The van der Waals surface area contributed by atoms with E-state index in [4.69, 9.17) is 0 Å². The van der Waals surface area contributed by atoms with Gasteiger partial charge in [0.15, 0.2) is 0 Å². The van der Waals surface area contributed by atoms with Crippen molar-refractivity contribution in [2.24, 2.45) is 0 Å².